The van der Waals surface area contributed by atoms with Gasteiger partial charge in [0.2, 0.25) is 0 Å². The van der Waals surface area contributed by atoms with Gasteiger partial charge in [-0.1, -0.05) is 34.6 Å². The first-order chi connectivity index (χ1) is 25.5. The van der Waals surface area contributed by atoms with Crippen molar-refractivity contribution >= 4 is 11.8 Å². The van der Waals surface area contributed by atoms with Crippen molar-refractivity contribution in [1.82, 2.24) is 9.80 Å². The van der Waals surface area contributed by atoms with E-state index in [0.717, 1.165) is 58.6 Å². The van der Waals surface area contributed by atoms with E-state index in [2.05, 4.69) is 44.4 Å². The van der Waals surface area contributed by atoms with Gasteiger partial charge >= 0.3 is 5.97 Å². The Balaban J connectivity index is 0.895. The first-order valence-corrected chi connectivity index (χ1v) is 21.9. The second-order valence-electron chi connectivity index (χ2n) is 21.4. The molecule has 0 amide bonds. The van der Waals surface area contributed by atoms with Gasteiger partial charge in [0.05, 0.1) is 43.7 Å². The molecule has 1 N–H and O–H groups in total. The molecule has 13 atom stereocenters. The van der Waals surface area contributed by atoms with E-state index in [-0.39, 0.29) is 51.7 Å². The predicted molar refractivity (Wildman–Crippen MR) is 202 cm³/mol. The van der Waals surface area contributed by atoms with Crippen LogP contribution in [0.15, 0.2) is 0 Å². The average molecular weight is 755 g/mol. The molecule has 0 aromatic rings. The summed E-state index contributed by atoms with van der Waals surface area (Å²) in [5.74, 6) is 1.08. The topological polar surface area (TPSA) is 107 Å². The first-order valence-electron chi connectivity index (χ1n) is 21.9. The van der Waals surface area contributed by atoms with Crippen LogP contribution >= 0.6 is 0 Å². The summed E-state index contributed by atoms with van der Waals surface area (Å²) in [6.45, 7) is 23.4. The number of likely N-dealkylation sites (tertiary alicyclic amines) is 1. The van der Waals surface area contributed by atoms with E-state index >= 15 is 4.79 Å². The fourth-order valence-electron chi connectivity index (χ4n) is 15.6. The third kappa shape index (κ3) is 5.41. The van der Waals surface area contributed by atoms with Crippen LogP contribution in [0, 0.1) is 50.7 Å². The lowest BCUT2D eigenvalue weighted by atomic mass is 9.41. The minimum absolute atomic E-state index is 0.0253. The minimum atomic E-state index is -1.28. The van der Waals surface area contributed by atoms with Gasteiger partial charge in [0.1, 0.15) is 6.10 Å². The number of hydrogen-bond donors (Lipinski definition) is 1. The molecule has 4 heterocycles. The van der Waals surface area contributed by atoms with Gasteiger partial charge in [0.25, 0.3) is 0 Å². The molecule has 54 heavy (non-hydrogen) atoms. The van der Waals surface area contributed by atoms with Gasteiger partial charge in [-0.3, -0.25) is 19.4 Å². The largest absolute Gasteiger partial charge is 0.457 e. The highest BCUT2D eigenvalue weighted by Gasteiger charge is 2.85. The van der Waals surface area contributed by atoms with Crippen LogP contribution in [0.1, 0.15) is 120 Å². The number of hydrogen-bond acceptors (Lipinski definition) is 10. The van der Waals surface area contributed by atoms with Crippen LogP contribution < -0.4 is 0 Å². The van der Waals surface area contributed by atoms with E-state index in [1.54, 1.807) is 13.8 Å². The number of ketones is 1. The van der Waals surface area contributed by atoms with Gasteiger partial charge in [-0.15, -0.1) is 0 Å². The van der Waals surface area contributed by atoms with Crippen molar-refractivity contribution in [3.8, 4) is 0 Å². The van der Waals surface area contributed by atoms with E-state index < -0.39 is 35.3 Å². The van der Waals surface area contributed by atoms with Crippen LogP contribution in [0.4, 0.5) is 0 Å². The fraction of sp³-hybridized carbons (Fsp3) is 0.955. The molecule has 304 valence electrons. The van der Waals surface area contributed by atoms with E-state index in [0.29, 0.717) is 30.3 Å². The summed E-state index contributed by atoms with van der Waals surface area (Å²) >= 11 is 0. The van der Waals surface area contributed by atoms with Crippen LogP contribution in [-0.2, 0) is 33.3 Å². The lowest BCUT2D eigenvalue weighted by Crippen LogP contribution is -2.60. The van der Waals surface area contributed by atoms with E-state index in [9.17, 15) is 9.90 Å². The second-order valence-corrected chi connectivity index (χ2v) is 21.4. The summed E-state index contributed by atoms with van der Waals surface area (Å²) in [4.78, 5) is 32.5. The molecule has 9 fully saturated rings. The smallest absolute Gasteiger partial charge is 0.303 e. The summed E-state index contributed by atoms with van der Waals surface area (Å²) in [5.41, 5.74) is -1.41. The number of carbonyl (C=O) groups is 2. The monoisotopic (exact) mass is 755 g/mol. The molecule has 0 aromatic carbocycles. The lowest BCUT2D eigenvalue weighted by molar-refractivity contribution is -0.250. The predicted octanol–water partition coefficient (Wildman–Crippen LogP) is 5.62. The number of morpholine rings is 1. The normalized spacial score (nSPS) is 48.7. The Hall–Kier alpha value is -1.14. The van der Waals surface area contributed by atoms with Crippen molar-refractivity contribution in [3.63, 3.8) is 0 Å². The standard InChI is InChI=1S/C44H70N2O8/c1-26-21-30(38(40(5,6)49)52-27(2)47)53-36-35(26)41(7)15-16-44-25-43(44)14-11-33(39(3,4)31(43)9-10-32(44)42(41,8)37(36)48)54-34-22-46(19-20-51-34)28-12-17-45(18-13-28)29-23-50-24-29/h26,28-36,38,49H,9-25H2,1-8H3/t26-,30?,31+,32?,33+,34+,35+,36?,38+,41-,42?,43-,44+/m1/s1. The summed E-state index contributed by atoms with van der Waals surface area (Å²) in [5, 5.41) is 11.1. The van der Waals surface area contributed by atoms with Crippen LogP contribution in [0.5, 0.6) is 0 Å². The molecule has 9 rings (SSSR count). The zero-order valence-corrected chi connectivity index (χ0v) is 34.6. The van der Waals surface area contributed by atoms with Crippen molar-refractivity contribution in [2.24, 2.45) is 50.7 Å². The molecule has 0 radical (unpaired) electrons. The Bertz CT molecular complexity index is 1490. The highest BCUT2D eigenvalue weighted by atomic mass is 16.7. The Morgan fingerprint density at radius 1 is 0.926 bits per heavy atom. The van der Waals surface area contributed by atoms with Crippen molar-refractivity contribution in [1.29, 1.82) is 0 Å². The van der Waals surface area contributed by atoms with E-state index in [4.69, 9.17) is 23.7 Å². The zero-order valence-electron chi connectivity index (χ0n) is 34.6. The highest BCUT2D eigenvalue weighted by Crippen LogP contribution is 2.89. The van der Waals surface area contributed by atoms with Gasteiger partial charge in [-0.2, -0.15) is 0 Å². The maximum absolute atomic E-state index is 15.1. The molecule has 4 saturated heterocycles. The van der Waals surface area contributed by atoms with Gasteiger partial charge in [0.15, 0.2) is 18.2 Å². The van der Waals surface area contributed by atoms with Gasteiger partial charge in [-0.05, 0) is 117 Å². The summed E-state index contributed by atoms with van der Waals surface area (Å²) in [6.07, 6.45) is 9.18. The molecule has 2 spiro atoms. The molecular formula is C44H70N2O8. The number of fused-ring (bicyclic) bond motifs is 4. The SMILES string of the molecule is CC(=O)O[C@@H](C1C[C@@H](C)[C@H]2C(O1)C(=O)C1(C)C3CC[C@H]4C(C)(C)[C@@H](O[C@H]5CN(C6CCN(C7COC7)CC6)CCO5)CC[C@@]45C[C@@]35CC[C@]21C)C(C)(C)O. The average Bonchev–Trinajstić information content (AvgIpc) is 3.72. The molecule has 5 saturated carbocycles. The molecule has 5 aliphatic carbocycles. The second kappa shape index (κ2) is 12.9. The van der Waals surface area contributed by atoms with Gasteiger partial charge < -0.3 is 28.8 Å². The van der Waals surface area contributed by atoms with Gasteiger partial charge in [0, 0.05) is 50.5 Å². The van der Waals surface area contributed by atoms with E-state index in [1.807, 2.05) is 0 Å². The fourth-order valence-corrected chi connectivity index (χ4v) is 15.6. The summed E-state index contributed by atoms with van der Waals surface area (Å²) < 4.78 is 31.4. The first kappa shape index (κ1) is 38.4. The Morgan fingerprint density at radius 2 is 1.63 bits per heavy atom. The molecule has 10 heteroatoms. The van der Waals surface area contributed by atoms with Crippen molar-refractivity contribution < 1.29 is 38.4 Å². The Labute approximate surface area is 324 Å². The summed E-state index contributed by atoms with van der Waals surface area (Å²) in [6, 6.07) is 1.24. The number of nitrogens with zero attached hydrogens (tertiary/aromatic N) is 2. The Morgan fingerprint density at radius 3 is 2.30 bits per heavy atom. The third-order valence-electron chi connectivity index (χ3n) is 18.4. The van der Waals surface area contributed by atoms with Crippen molar-refractivity contribution in [3.05, 3.63) is 0 Å². The van der Waals surface area contributed by atoms with Crippen LogP contribution in [0.2, 0.25) is 0 Å². The van der Waals surface area contributed by atoms with Gasteiger partial charge in [-0.25, -0.2) is 0 Å². The molecule has 0 aromatic heterocycles. The summed E-state index contributed by atoms with van der Waals surface area (Å²) in [7, 11) is 0. The van der Waals surface area contributed by atoms with Crippen LogP contribution in [-0.4, -0.2) is 121 Å². The zero-order chi connectivity index (χ0) is 38.2. The van der Waals surface area contributed by atoms with Crippen molar-refractivity contribution in [2.75, 3.05) is 46.0 Å². The number of Topliss-reactive ketones (excluding diaryl/α,β-unsaturated/α-hetero) is 1. The molecule has 9 aliphatic rings. The number of ether oxygens (including phenoxy) is 5. The number of esters is 1. The maximum atomic E-state index is 15.1. The van der Waals surface area contributed by atoms with Crippen LogP contribution in [0.25, 0.3) is 0 Å². The maximum Gasteiger partial charge on any atom is 0.303 e. The number of carbonyl (C=O) groups excluding carboxylic acids is 2. The lowest BCUT2D eigenvalue weighted by Gasteiger charge is -2.62. The number of piperidine rings is 1. The Kier molecular flexibility index (Phi) is 9.19. The quantitative estimate of drug-likeness (QED) is 0.330. The minimum Gasteiger partial charge on any atom is -0.457 e. The third-order valence-corrected chi connectivity index (χ3v) is 18.4. The van der Waals surface area contributed by atoms with E-state index in [1.165, 1.54) is 52.1 Å². The van der Waals surface area contributed by atoms with Crippen LogP contribution in [0.3, 0.4) is 0 Å². The molecule has 0 bridgehead atoms. The van der Waals surface area contributed by atoms with Crippen molar-refractivity contribution in [2.45, 2.75) is 168 Å². The number of aliphatic hydroxyl groups is 1. The number of rotatable bonds is 7. The molecule has 4 unspecified atom stereocenters. The molecular weight excluding hydrogens is 684 g/mol. The molecule has 4 aliphatic heterocycles. The highest BCUT2D eigenvalue weighted by molar-refractivity contribution is 5.93. The molecule has 10 nitrogen and oxygen atoms in total.